The number of aromatic nitrogens is 27. The van der Waals surface area contributed by atoms with E-state index in [1.54, 1.807) is 104 Å². The van der Waals surface area contributed by atoms with Crippen molar-refractivity contribution in [3.63, 3.8) is 0 Å². The number of halogens is 8. The van der Waals surface area contributed by atoms with E-state index in [4.69, 9.17) is 23.9 Å². The maximum atomic E-state index is 12.2. The minimum absolute atomic E-state index is 0. The number of hydrogen-bond acceptors (Lipinski definition) is 18. The summed E-state index contributed by atoms with van der Waals surface area (Å²) in [5, 5.41) is 85.5. The molecule has 748 valence electrons. The van der Waals surface area contributed by atoms with Crippen LogP contribution in [0.25, 0.3) is 79.1 Å². The topological polar surface area (TPSA) is 397 Å². The zero-order valence-electron chi connectivity index (χ0n) is 70.2. The molecule has 2 bridgehead atoms. The third-order valence-electron chi connectivity index (χ3n) is 18.2. The summed E-state index contributed by atoms with van der Waals surface area (Å²) in [6.45, 7) is 20.6. The number of carboxylic acid groups (broad SMARTS) is 1. The molecule has 2 aliphatic rings. The van der Waals surface area contributed by atoms with Gasteiger partial charge in [0.05, 0.1) is 5.69 Å². The number of nitrogens with zero attached hydrogens (tertiary/aromatic N) is 27. The van der Waals surface area contributed by atoms with Gasteiger partial charge in [-0.1, -0.05) is 224 Å². The molecular formula is C94H107Cl2F6N27O2Pt6-2. The predicted molar refractivity (Wildman–Crippen MR) is 499 cm³/mol. The number of carboxylic acids is 1. The van der Waals surface area contributed by atoms with Crippen LogP contribution in [0.4, 0.5) is 26.3 Å². The number of alkyl halides is 6. The van der Waals surface area contributed by atoms with Crippen LogP contribution in [0.15, 0.2) is 262 Å². The van der Waals surface area contributed by atoms with Crippen molar-refractivity contribution in [3.8, 4) is 68.3 Å². The van der Waals surface area contributed by atoms with Crippen LogP contribution in [-0.4, -0.2) is 97.0 Å². The van der Waals surface area contributed by atoms with Gasteiger partial charge in [-0.3, -0.25) is 29.9 Å². The second kappa shape index (κ2) is 66.8. The summed E-state index contributed by atoms with van der Waals surface area (Å²) in [7, 11) is 9.75. The zero-order valence-corrected chi connectivity index (χ0v) is 85.3. The first-order chi connectivity index (χ1) is 60.1. The van der Waals surface area contributed by atoms with Gasteiger partial charge in [0.25, 0.3) is 0 Å². The number of aromatic carboxylic acids is 1. The molecule has 2 unspecified atom stereocenters. The third kappa shape index (κ3) is 41.2. The molecule has 137 heavy (non-hydrogen) atoms. The molecule has 2 aliphatic carbocycles. The average Bonchev–Trinajstić information content (AvgIpc) is 1.52. The Kier molecular flexibility index (Phi) is 64.7. The van der Waals surface area contributed by atoms with Crippen molar-refractivity contribution in [1.29, 1.82) is 0 Å². The number of aryl methyl sites for hydroxylation is 7. The van der Waals surface area contributed by atoms with Gasteiger partial charge in [0.1, 0.15) is 17.1 Å². The summed E-state index contributed by atoms with van der Waals surface area (Å²) in [5.41, 5.74) is 16.0. The van der Waals surface area contributed by atoms with Gasteiger partial charge in [-0.25, -0.2) is 9.78 Å². The van der Waals surface area contributed by atoms with Crippen molar-refractivity contribution in [3.05, 3.63) is 330 Å². The molecule has 29 nitrogen and oxygen atoms in total. The van der Waals surface area contributed by atoms with E-state index >= 15 is 0 Å². The van der Waals surface area contributed by atoms with Crippen LogP contribution in [0.3, 0.4) is 0 Å². The van der Waals surface area contributed by atoms with Crippen LogP contribution in [0.2, 0.25) is 0 Å². The minimum atomic E-state index is -4.46. The Morgan fingerprint density at radius 2 is 0.723 bits per heavy atom. The van der Waals surface area contributed by atoms with Gasteiger partial charge < -0.3 is 107 Å². The minimum Gasteiger partial charge on any atom is -0.582 e. The van der Waals surface area contributed by atoms with Crippen molar-refractivity contribution in [1.82, 2.24) is 137 Å². The Bertz CT molecular complexity index is 5700. The van der Waals surface area contributed by atoms with Gasteiger partial charge in [-0.2, -0.15) is 38.7 Å². The SMILES string of the molecule is C.C.C.C.C.C.C.CC12CCC(c3c1n[n-]c3-c1nccc3ccccc13)C2(C)C.Cc1cc(-c2ccccn2)[n-]n1.Cc1cc(-c2ccccn2)[n-]n1.Cc1cc(-c2ccccn2)[n-]n1.Cc1cc(C)[n-]n1.Cc1cc(C)[n-]n1.FC(F)(F)c1cc(-c2ccccn2)[n-]n1.FC(F)(F)c1cc(-c2ccccn2)[n-]n1.O=C(O)c1ccccn1.[Cl][Pt][Cl].[Pt+2].[Pt+2].[Pt+2].[Pt+2].[Pt].c1cn[n-]c1.c1cn[n-]c1. The Labute approximate surface area is 884 Å². The number of benzene rings is 1. The van der Waals surface area contributed by atoms with E-state index in [0.29, 0.717) is 17.3 Å². The van der Waals surface area contributed by atoms with Crippen LogP contribution < -0.4 is 51.0 Å². The smallest absolute Gasteiger partial charge is 0.582 e. The van der Waals surface area contributed by atoms with Gasteiger partial charge in [-0.15, -0.1) is 11.4 Å². The van der Waals surface area contributed by atoms with Crippen molar-refractivity contribution < 1.29 is 158 Å². The molecule has 0 spiro atoms. The Balaban J connectivity index is -0.000000718. The summed E-state index contributed by atoms with van der Waals surface area (Å²) in [6, 6.07) is 57.2. The van der Waals surface area contributed by atoms with E-state index in [9.17, 15) is 31.1 Å². The van der Waals surface area contributed by atoms with Gasteiger partial charge in [0, 0.05) is 150 Å². The second-order valence-electron chi connectivity index (χ2n) is 27.5. The molecular weight excluding hydrogens is 2890 g/mol. The molecule has 17 heterocycles. The van der Waals surface area contributed by atoms with Crippen molar-refractivity contribution >= 4 is 35.6 Å². The van der Waals surface area contributed by atoms with E-state index in [1.165, 1.54) is 59.5 Å². The number of pyridine rings is 7. The number of fused-ring (bicyclic) bond motifs is 6. The molecule has 0 amide bonds. The largest absolute Gasteiger partial charge is 2.00 e. The van der Waals surface area contributed by atoms with Gasteiger partial charge >= 0.3 is 138 Å². The van der Waals surface area contributed by atoms with E-state index in [-0.39, 0.29) is 185 Å². The van der Waals surface area contributed by atoms with Gasteiger partial charge in [-0.05, 0) is 161 Å². The number of rotatable bonds is 7. The summed E-state index contributed by atoms with van der Waals surface area (Å²) >= 11 is -0.472. The maximum Gasteiger partial charge on any atom is 2.00 e. The van der Waals surface area contributed by atoms with Crippen molar-refractivity contribution in [2.24, 2.45) is 5.41 Å². The van der Waals surface area contributed by atoms with Crippen LogP contribution in [0, 0.1) is 53.9 Å². The predicted octanol–water partition coefficient (Wildman–Crippen LogP) is 20.9. The van der Waals surface area contributed by atoms with Crippen LogP contribution in [0.5, 0.6) is 0 Å². The quantitative estimate of drug-likeness (QED) is 0.145. The zero-order chi connectivity index (χ0) is 89.8. The number of carbonyl (C=O) groups is 1. The van der Waals surface area contributed by atoms with E-state index in [1.807, 2.05) is 140 Å². The molecule has 43 heteroatoms. The first-order valence-corrected chi connectivity index (χ1v) is 43.3. The van der Waals surface area contributed by atoms with Crippen LogP contribution >= 0.6 is 18.8 Å². The molecule has 18 aromatic rings. The van der Waals surface area contributed by atoms with E-state index in [0.717, 1.165) is 97.5 Å². The fourth-order valence-electron chi connectivity index (χ4n) is 12.1. The summed E-state index contributed by atoms with van der Waals surface area (Å²) in [6.07, 6.45) is 11.6. The molecule has 2 atom stereocenters. The molecule has 0 radical (unpaired) electrons. The third-order valence-corrected chi connectivity index (χ3v) is 18.2. The Morgan fingerprint density at radius 3 is 0.978 bits per heavy atom. The fraction of sp³-hybridized carbons (Fsp3) is 0.255. The molecule has 1 fully saturated rings. The monoisotopic (exact) mass is 3000 g/mol. The first-order valence-electron chi connectivity index (χ1n) is 37.7. The molecule has 1 saturated carbocycles. The van der Waals surface area contributed by atoms with Gasteiger partial charge in [0.2, 0.25) is 0 Å². The van der Waals surface area contributed by atoms with Crippen molar-refractivity contribution in [2.75, 3.05) is 0 Å². The Hall–Kier alpha value is -10.6. The summed E-state index contributed by atoms with van der Waals surface area (Å²) < 4.78 is 73.2. The number of hydrogen-bond donors (Lipinski definition) is 1. The molecule has 17 aromatic heterocycles. The van der Waals surface area contributed by atoms with E-state index in [2.05, 4.69) is 188 Å². The van der Waals surface area contributed by atoms with Crippen LogP contribution in [-0.2, 0) is 140 Å². The second-order valence-corrected chi connectivity index (χ2v) is 30.8. The fourth-order valence-corrected chi connectivity index (χ4v) is 12.1. The maximum absolute atomic E-state index is 12.2. The summed E-state index contributed by atoms with van der Waals surface area (Å²) in [5.74, 6) is -0.441. The van der Waals surface area contributed by atoms with Crippen LogP contribution in [0.1, 0.15) is 165 Å². The normalized spacial score (nSPS) is 12.1. The molecule has 0 aliphatic heterocycles. The summed E-state index contributed by atoms with van der Waals surface area (Å²) in [4.78, 5) is 38.6. The molecule has 1 N–H and O–H groups in total. The standard InChI is InChI=1S/C20H20N3.2C9H5F3N3.3C9H8N3.C6H5NO2.2C5H7N2.2C3H3N2.7CH4.2ClH.6Pt/c1-19(2)14-8-10-20(19,3)18-15(14)17(22-23-18)16-13-7-5-4-6-12(13)9-11-21-16;2*10-9(11,12)8-5-7(14-15-8)6-3-1-2-4-13-6;3*1-7-6-9(12-11-7)8-4-2-3-5-10-8;8-6(9)5-3-1-2-4-7-5;2*1-4-3-5(2)7-6-4;2*1-2-4-5-3-1;;;;;;;;;;;;;;;/h4-7,9,11,14H,8,10H2,1-3H3;2*1-5H;3*2-6H,1H3;1-4H,(H,8,9);2*3H,1-2H3;2*1-3H;7*1H4;2*1H;;;;;;/q6*-1;;4*-1;;;;;;;;;;;5*+2/p-2. The molecule has 0 saturated heterocycles. The van der Waals surface area contributed by atoms with Gasteiger partial charge in [0.15, 0.2) is 0 Å². The van der Waals surface area contributed by atoms with Crippen molar-refractivity contribution in [2.45, 2.75) is 158 Å². The van der Waals surface area contributed by atoms with E-state index < -0.39 is 46.2 Å². The first kappa shape index (κ1) is 133. The molecule has 1 aromatic carbocycles. The Morgan fingerprint density at radius 1 is 0.394 bits per heavy atom. The average molecular weight is 3000 g/mol. The molecule has 20 rings (SSSR count).